The Morgan fingerprint density at radius 2 is 2.05 bits per heavy atom. The minimum absolute atomic E-state index is 0.0255. The van der Waals surface area contributed by atoms with Crippen molar-refractivity contribution in [1.82, 2.24) is 10.2 Å². The van der Waals surface area contributed by atoms with Crippen molar-refractivity contribution in [2.45, 2.75) is 19.0 Å². The molecule has 1 amide bonds. The molecule has 1 aliphatic heterocycles. The van der Waals surface area contributed by atoms with Crippen LogP contribution < -0.4 is 5.32 Å². The van der Waals surface area contributed by atoms with Gasteiger partial charge in [-0.15, -0.1) is 0 Å². The number of ether oxygens (including phenoxy) is 1. The molecule has 1 N–H and O–H groups in total. The number of carbonyl (C=O) groups excluding carboxylic acids is 2. The predicted molar refractivity (Wildman–Crippen MR) is 80.6 cm³/mol. The molecule has 2 unspecified atom stereocenters. The number of carbonyl (C=O) groups is 2. The molecular weight excluding hydrogens is 292 g/mol. The average Bonchev–Trinajstić information content (AvgIpc) is 2.53. The van der Waals surface area contributed by atoms with E-state index < -0.39 is 12.1 Å². The number of halogens is 1. The van der Waals surface area contributed by atoms with Crippen LogP contribution in [0.5, 0.6) is 0 Å². The fraction of sp³-hybridized carbons (Fsp3) is 0.467. The number of ketones is 1. The summed E-state index contributed by atoms with van der Waals surface area (Å²) in [6, 6.07) is 5.97. The Morgan fingerprint density at radius 1 is 1.38 bits per heavy atom. The number of hydrogen-bond acceptors (Lipinski definition) is 4. The standard InChI is InChI=1S/C15H19ClN2O3/c1-10(14(19)11-3-5-12(16)6-4-11)18-7-8-21-9-13(18)15(20)17-2/h3-6,10,13H,7-9H2,1-2H3,(H,17,20). The van der Waals surface area contributed by atoms with E-state index in [0.29, 0.717) is 30.3 Å². The fourth-order valence-corrected chi connectivity index (χ4v) is 2.60. The first-order valence-electron chi connectivity index (χ1n) is 6.89. The van der Waals surface area contributed by atoms with Gasteiger partial charge in [-0.2, -0.15) is 0 Å². The summed E-state index contributed by atoms with van der Waals surface area (Å²) in [5.74, 6) is -0.159. The molecular formula is C15H19ClN2O3. The first-order valence-corrected chi connectivity index (χ1v) is 7.27. The van der Waals surface area contributed by atoms with Gasteiger partial charge in [0.15, 0.2) is 5.78 Å². The lowest BCUT2D eigenvalue weighted by Gasteiger charge is -2.37. The number of Topliss-reactive ketones (excluding diaryl/α,β-unsaturated/α-hetero) is 1. The second-order valence-electron chi connectivity index (χ2n) is 4.99. The van der Waals surface area contributed by atoms with Gasteiger partial charge in [-0.1, -0.05) is 11.6 Å². The van der Waals surface area contributed by atoms with E-state index in [-0.39, 0.29) is 11.7 Å². The van der Waals surface area contributed by atoms with E-state index >= 15 is 0 Å². The van der Waals surface area contributed by atoms with Crippen LogP contribution in [0.25, 0.3) is 0 Å². The molecule has 21 heavy (non-hydrogen) atoms. The zero-order valence-electron chi connectivity index (χ0n) is 12.1. The molecule has 6 heteroatoms. The van der Waals surface area contributed by atoms with Crippen LogP contribution in [0.2, 0.25) is 5.02 Å². The van der Waals surface area contributed by atoms with Gasteiger partial charge in [0.2, 0.25) is 5.91 Å². The molecule has 0 aromatic heterocycles. The monoisotopic (exact) mass is 310 g/mol. The minimum Gasteiger partial charge on any atom is -0.378 e. The molecule has 0 aliphatic carbocycles. The van der Waals surface area contributed by atoms with Gasteiger partial charge in [0.25, 0.3) is 0 Å². The molecule has 0 spiro atoms. The van der Waals surface area contributed by atoms with Gasteiger partial charge in [-0.25, -0.2) is 0 Å². The summed E-state index contributed by atoms with van der Waals surface area (Å²) in [6.45, 7) is 3.19. The SMILES string of the molecule is CNC(=O)C1COCCN1C(C)C(=O)c1ccc(Cl)cc1. The Kier molecular flexibility index (Phi) is 5.33. The number of morpholine rings is 1. The molecule has 2 rings (SSSR count). The van der Waals surface area contributed by atoms with Gasteiger partial charge in [0.1, 0.15) is 6.04 Å². The highest BCUT2D eigenvalue weighted by Crippen LogP contribution is 2.17. The van der Waals surface area contributed by atoms with E-state index in [4.69, 9.17) is 16.3 Å². The molecule has 5 nitrogen and oxygen atoms in total. The Hall–Kier alpha value is -1.43. The quantitative estimate of drug-likeness (QED) is 0.853. The Balaban J connectivity index is 2.16. The van der Waals surface area contributed by atoms with E-state index in [0.717, 1.165) is 0 Å². The van der Waals surface area contributed by atoms with E-state index in [2.05, 4.69) is 5.32 Å². The maximum Gasteiger partial charge on any atom is 0.239 e. The topological polar surface area (TPSA) is 58.6 Å². The van der Waals surface area contributed by atoms with Crippen LogP contribution in [0.1, 0.15) is 17.3 Å². The van der Waals surface area contributed by atoms with Crippen molar-refractivity contribution < 1.29 is 14.3 Å². The highest BCUT2D eigenvalue weighted by molar-refractivity contribution is 6.30. The fourth-order valence-electron chi connectivity index (χ4n) is 2.48. The lowest BCUT2D eigenvalue weighted by atomic mass is 10.0. The van der Waals surface area contributed by atoms with Crippen LogP contribution in [0.15, 0.2) is 24.3 Å². The summed E-state index contributed by atoms with van der Waals surface area (Å²) in [6.07, 6.45) is 0. The van der Waals surface area contributed by atoms with Crippen LogP contribution in [0.3, 0.4) is 0 Å². The number of rotatable bonds is 4. The lowest BCUT2D eigenvalue weighted by molar-refractivity contribution is -0.132. The third kappa shape index (κ3) is 3.61. The number of benzene rings is 1. The first-order chi connectivity index (χ1) is 10.0. The predicted octanol–water partition coefficient (Wildman–Crippen LogP) is 1.36. The Labute approximate surface area is 129 Å². The van der Waals surface area contributed by atoms with E-state index in [1.807, 2.05) is 11.8 Å². The van der Waals surface area contributed by atoms with Crippen molar-refractivity contribution in [3.63, 3.8) is 0 Å². The molecule has 1 aromatic rings. The zero-order valence-corrected chi connectivity index (χ0v) is 12.9. The summed E-state index contributed by atoms with van der Waals surface area (Å²) in [5, 5.41) is 3.21. The van der Waals surface area contributed by atoms with Crippen LogP contribution in [-0.4, -0.2) is 55.5 Å². The minimum atomic E-state index is -0.435. The van der Waals surface area contributed by atoms with E-state index in [1.54, 1.807) is 31.3 Å². The van der Waals surface area contributed by atoms with Gasteiger partial charge >= 0.3 is 0 Å². The van der Waals surface area contributed by atoms with Gasteiger partial charge in [0.05, 0.1) is 19.3 Å². The van der Waals surface area contributed by atoms with Gasteiger partial charge in [-0.05, 0) is 31.2 Å². The van der Waals surface area contributed by atoms with E-state index in [9.17, 15) is 9.59 Å². The van der Waals surface area contributed by atoms with Gasteiger partial charge in [0, 0.05) is 24.2 Å². The zero-order chi connectivity index (χ0) is 15.4. The maximum atomic E-state index is 12.6. The number of amides is 1. The van der Waals surface area contributed by atoms with Crippen LogP contribution >= 0.6 is 11.6 Å². The Bertz CT molecular complexity index is 518. The van der Waals surface area contributed by atoms with E-state index in [1.165, 1.54) is 0 Å². The summed E-state index contributed by atoms with van der Waals surface area (Å²) < 4.78 is 5.36. The summed E-state index contributed by atoms with van der Waals surface area (Å²) >= 11 is 5.84. The average molecular weight is 311 g/mol. The molecule has 1 saturated heterocycles. The van der Waals surface area contributed by atoms with Gasteiger partial charge in [-0.3, -0.25) is 14.5 Å². The second-order valence-corrected chi connectivity index (χ2v) is 5.43. The number of likely N-dealkylation sites (N-methyl/N-ethyl adjacent to an activating group) is 1. The van der Waals surface area contributed by atoms with Crippen molar-refractivity contribution in [2.24, 2.45) is 0 Å². The van der Waals surface area contributed by atoms with Crippen LogP contribution in [-0.2, 0) is 9.53 Å². The molecule has 2 atom stereocenters. The van der Waals surface area contributed by atoms with Crippen molar-refractivity contribution >= 4 is 23.3 Å². The summed E-state index contributed by atoms with van der Waals surface area (Å²) in [7, 11) is 1.58. The maximum absolute atomic E-state index is 12.6. The summed E-state index contributed by atoms with van der Waals surface area (Å²) in [4.78, 5) is 26.4. The lowest BCUT2D eigenvalue weighted by Crippen LogP contribution is -2.57. The first kappa shape index (κ1) is 15.9. The van der Waals surface area contributed by atoms with Crippen molar-refractivity contribution in [2.75, 3.05) is 26.8 Å². The van der Waals surface area contributed by atoms with Gasteiger partial charge < -0.3 is 10.1 Å². The third-order valence-corrected chi connectivity index (χ3v) is 3.98. The number of nitrogens with zero attached hydrogens (tertiary/aromatic N) is 1. The highest BCUT2D eigenvalue weighted by Gasteiger charge is 2.35. The smallest absolute Gasteiger partial charge is 0.239 e. The highest BCUT2D eigenvalue weighted by atomic mass is 35.5. The Morgan fingerprint density at radius 3 is 2.67 bits per heavy atom. The van der Waals surface area contributed by atoms with Crippen molar-refractivity contribution in [3.8, 4) is 0 Å². The largest absolute Gasteiger partial charge is 0.378 e. The second kappa shape index (κ2) is 7.02. The van der Waals surface area contributed by atoms with Crippen molar-refractivity contribution in [1.29, 1.82) is 0 Å². The normalized spacial score (nSPS) is 20.8. The molecule has 114 valence electrons. The van der Waals surface area contributed by atoms with Crippen molar-refractivity contribution in [3.05, 3.63) is 34.9 Å². The summed E-state index contributed by atoms with van der Waals surface area (Å²) in [5.41, 5.74) is 0.592. The van der Waals surface area contributed by atoms with Crippen LogP contribution in [0.4, 0.5) is 0 Å². The molecule has 1 fully saturated rings. The molecule has 1 heterocycles. The molecule has 1 aliphatic rings. The molecule has 0 bridgehead atoms. The molecule has 0 radical (unpaired) electrons. The number of hydrogen-bond donors (Lipinski definition) is 1. The van der Waals surface area contributed by atoms with Crippen LogP contribution in [0, 0.1) is 0 Å². The molecule has 1 aromatic carbocycles. The number of nitrogens with one attached hydrogen (secondary N) is 1. The third-order valence-electron chi connectivity index (χ3n) is 3.72. The molecule has 0 saturated carbocycles.